The summed E-state index contributed by atoms with van der Waals surface area (Å²) in [6.07, 6.45) is 1.91. The molecule has 0 radical (unpaired) electrons. The highest BCUT2D eigenvalue weighted by Gasteiger charge is 2.08. The molecule has 5 heteroatoms. The van der Waals surface area contributed by atoms with Crippen LogP contribution in [0.5, 0.6) is 11.5 Å². The zero-order chi connectivity index (χ0) is 15.2. The zero-order valence-corrected chi connectivity index (χ0v) is 11.9. The fourth-order valence-corrected chi connectivity index (χ4v) is 1.76. The Morgan fingerprint density at radius 1 is 1.19 bits per heavy atom. The second kappa shape index (κ2) is 6.65. The van der Waals surface area contributed by atoms with E-state index in [2.05, 4.69) is 10.3 Å². The van der Waals surface area contributed by atoms with Crippen molar-refractivity contribution in [1.29, 1.82) is 0 Å². The van der Waals surface area contributed by atoms with Crippen molar-refractivity contribution in [1.82, 2.24) is 4.98 Å². The summed E-state index contributed by atoms with van der Waals surface area (Å²) in [6.45, 7) is 3.22. The molecule has 21 heavy (non-hydrogen) atoms. The molecule has 0 spiro atoms. The van der Waals surface area contributed by atoms with Gasteiger partial charge in [0.2, 0.25) is 5.91 Å². The average molecular weight is 284 g/mol. The smallest absolute Gasteiger partial charge is 0.221 e. The van der Waals surface area contributed by atoms with Gasteiger partial charge in [0.1, 0.15) is 11.4 Å². The van der Waals surface area contributed by atoms with E-state index in [0.29, 0.717) is 29.3 Å². The van der Waals surface area contributed by atoms with Crippen LogP contribution in [0.4, 0.5) is 5.69 Å². The van der Waals surface area contributed by atoms with Gasteiger partial charge in [0.15, 0.2) is 11.5 Å². The number of para-hydroxylation sites is 2. The minimum absolute atomic E-state index is 0.0137. The van der Waals surface area contributed by atoms with E-state index in [0.717, 1.165) is 0 Å². The fourth-order valence-electron chi connectivity index (χ4n) is 1.76. The standard InChI is InChI=1S/C16H16N2O3/c1-3-15(20)13-9-8-12(10-17-13)21-16-7-5-4-6-14(16)18-11(2)19/h4-10H,3H2,1-2H3,(H,18,19). The molecule has 108 valence electrons. The number of benzene rings is 1. The lowest BCUT2D eigenvalue weighted by molar-refractivity contribution is -0.114. The molecule has 0 saturated heterocycles. The van der Waals surface area contributed by atoms with E-state index in [-0.39, 0.29) is 11.7 Å². The maximum absolute atomic E-state index is 11.5. The minimum Gasteiger partial charge on any atom is -0.454 e. The largest absolute Gasteiger partial charge is 0.454 e. The summed E-state index contributed by atoms with van der Waals surface area (Å²) in [5.74, 6) is 0.831. The number of aromatic nitrogens is 1. The Morgan fingerprint density at radius 2 is 1.95 bits per heavy atom. The first kappa shape index (κ1) is 14.7. The van der Waals surface area contributed by atoms with E-state index in [1.807, 2.05) is 6.07 Å². The van der Waals surface area contributed by atoms with E-state index >= 15 is 0 Å². The number of ether oxygens (including phenoxy) is 1. The summed E-state index contributed by atoms with van der Waals surface area (Å²) >= 11 is 0. The molecule has 0 aliphatic rings. The van der Waals surface area contributed by atoms with Crippen LogP contribution < -0.4 is 10.1 Å². The molecule has 0 atom stereocenters. The van der Waals surface area contributed by atoms with Crippen molar-refractivity contribution in [2.24, 2.45) is 0 Å². The van der Waals surface area contributed by atoms with Gasteiger partial charge >= 0.3 is 0 Å². The number of nitrogens with zero attached hydrogens (tertiary/aromatic N) is 1. The van der Waals surface area contributed by atoms with Gasteiger partial charge in [-0.25, -0.2) is 4.98 Å². The molecule has 1 aromatic heterocycles. The lowest BCUT2D eigenvalue weighted by atomic mass is 10.2. The van der Waals surface area contributed by atoms with Gasteiger partial charge in [0.25, 0.3) is 0 Å². The predicted octanol–water partition coefficient (Wildman–Crippen LogP) is 3.43. The van der Waals surface area contributed by atoms with Gasteiger partial charge in [-0.1, -0.05) is 19.1 Å². The van der Waals surface area contributed by atoms with E-state index in [1.54, 1.807) is 37.3 Å². The van der Waals surface area contributed by atoms with Crippen molar-refractivity contribution >= 4 is 17.4 Å². The van der Waals surface area contributed by atoms with Crippen LogP contribution >= 0.6 is 0 Å². The third-order valence-electron chi connectivity index (χ3n) is 2.77. The summed E-state index contributed by atoms with van der Waals surface area (Å²) in [7, 11) is 0. The second-order valence-electron chi connectivity index (χ2n) is 4.44. The van der Waals surface area contributed by atoms with Gasteiger partial charge in [-0.3, -0.25) is 9.59 Å². The highest BCUT2D eigenvalue weighted by atomic mass is 16.5. The highest BCUT2D eigenvalue weighted by Crippen LogP contribution is 2.28. The third-order valence-corrected chi connectivity index (χ3v) is 2.77. The second-order valence-corrected chi connectivity index (χ2v) is 4.44. The number of hydrogen-bond donors (Lipinski definition) is 1. The lowest BCUT2D eigenvalue weighted by Crippen LogP contribution is -2.06. The molecule has 0 bridgehead atoms. The number of ketones is 1. The van der Waals surface area contributed by atoms with Gasteiger partial charge in [0, 0.05) is 13.3 Å². The van der Waals surface area contributed by atoms with Crippen molar-refractivity contribution in [2.45, 2.75) is 20.3 Å². The molecule has 0 aliphatic carbocycles. The van der Waals surface area contributed by atoms with Gasteiger partial charge in [-0.05, 0) is 24.3 Å². The Morgan fingerprint density at radius 3 is 2.57 bits per heavy atom. The normalized spacial score (nSPS) is 10.0. The molecular formula is C16H16N2O3. The lowest BCUT2D eigenvalue weighted by Gasteiger charge is -2.11. The summed E-state index contributed by atoms with van der Waals surface area (Å²) in [4.78, 5) is 26.7. The topological polar surface area (TPSA) is 68.3 Å². The molecule has 2 rings (SSSR count). The molecule has 0 unspecified atom stereocenters. The number of rotatable bonds is 5. The Kier molecular flexibility index (Phi) is 4.66. The Labute approximate surface area is 123 Å². The number of pyridine rings is 1. The van der Waals surface area contributed by atoms with E-state index < -0.39 is 0 Å². The number of carbonyl (C=O) groups is 2. The van der Waals surface area contributed by atoms with Gasteiger partial charge in [-0.2, -0.15) is 0 Å². The molecule has 1 aromatic carbocycles. The van der Waals surface area contributed by atoms with Crippen LogP contribution in [-0.4, -0.2) is 16.7 Å². The van der Waals surface area contributed by atoms with Crippen molar-refractivity contribution in [3.8, 4) is 11.5 Å². The van der Waals surface area contributed by atoms with E-state index in [9.17, 15) is 9.59 Å². The van der Waals surface area contributed by atoms with Crippen molar-refractivity contribution < 1.29 is 14.3 Å². The van der Waals surface area contributed by atoms with E-state index in [1.165, 1.54) is 13.1 Å². The molecule has 1 amide bonds. The first-order chi connectivity index (χ1) is 10.1. The first-order valence-electron chi connectivity index (χ1n) is 6.64. The quantitative estimate of drug-likeness (QED) is 0.854. The first-order valence-corrected chi connectivity index (χ1v) is 6.64. The number of Topliss-reactive ketones (excluding diaryl/α,β-unsaturated/α-hetero) is 1. The zero-order valence-electron chi connectivity index (χ0n) is 11.9. The molecule has 0 aliphatic heterocycles. The molecule has 1 heterocycles. The Bertz CT molecular complexity index is 651. The molecule has 0 saturated carbocycles. The Balaban J connectivity index is 2.18. The van der Waals surface area contributed by atoms with Crippen LogP contribution in [0.1, 0.15) is 30.8 Å². The Hall–Kier alpha value is -2.69. The monoisotopic (exact) mass is 284 g/mol. The summed E-state index contributed by atoms with van der Waals surface area (Å²) < 4.78 is 5.69. The average Bonchev–Trinajstić information content (AvgIpc) is 2.49. The number of amides is 1. The molecule has 0 fully saturated rings. The highest BCUT2D eigenvalue weighted by molar-refractivity contribution is 5.94. The molecule has 5 nitrogen and oxygen atoms in total. The van der Waals surface area contributed by atoms with Gasteiger partial charge < -0.3 is 10.1 Å². The molecule has 1 N–H and O–H groups in total. The van der Waals surface area contributed by atoms with Crippen LogP contribution in [-0.2, 0) is 4.79 Å². The van der Waals surface area contributed by atoms with Crippen LogP contribution in [0.25, 0.3) is 0 Å². The van der Waals surface area contributed by atoms with Crippen LogP contribution in [0.15, 0.2) is 42.6 Å². The van der Waals surface area contributed by atoms with Gasteiger partial charge in [0.05, 0.1) is 11.9 Å². The molecule has 2 aromatic rings. The number of hydrogen-bond acceptors (Lipinski definition) is 4. The van der Waals surface area contributed by atoms with Gasteiger partial charge in [-0.15, -0.1) is 0 Å². The van der Waals surface area contributed by atoms with Crippen molar-refractivity contribution in [3.05, 3.63) is 48.3 Å². The summed E-state index contributed by atoms with van der Waals surface area (Å²) in [6, 6.07) is 10.4. The number of carbonyl (C=O) groups excluding carboxylic acids is 2. The third kappa shape index (κ3) is 3.89. The SMILES string of the molecule is CCC(=O)c1ccc(Oc2ccccc2NC(C)=O)cn1. The fraction of sp³-hybridized carbons (Fsp3) is 0.188. The minimum atomic E-state index is -0.173. The summed E-state index contributed by atoms with van der Waals surface area (Å²) in [5, 5.41) is 2.69. The number of anilines is 1. The maximum Gasteiger partial charge on any atom is 0.221 e. The predicted molar refractivity (Wildman–Crippen MR) is 79.7 cm³/mol. The number of nitrogens with one attached hydrogen (secondary N) is 1. The van der Waals surface area contributed by atoms with Crippen LogP contribution in [0, 0.1) is 0 Å². The van der Waals surface area contributed by atoms with Crippen LogP contribution in [0.3, 0.4) is 0 Å². The van der Waals surface area contributed by atoms with Crippen molar-refractivity contribution in [2.75, 3.05) is 5.32 Å². The summed E-state index contributed by atoms with van der Waals surface area (Å²) in [5.41, 5.74) is 0.999. The van der Waals surface area contributed by atoms with Crippen molar-refractivity contribution in [3.63, 3.8) is 0 Å². The molecular weight excluding hydrogens is 268 g/mol. The van der Waals surface area contributed by atoms with E-state index in [4.69, 9.17) is 4.74 Å². The maximum atomic E-state index is 11.5. The van der Waals surface area contributed by atoms with Crippen LogP contribution in [0.2, 0.25) is 0 Å².